The third kappa shape index (κ3) is 20.2. The lowest BCUT2D eigenvalue weighted by molar-refractivity contribution is 0.277. The zero-order valence-electron chi connectivity index (χ0n) is 52.7. The van der Waals surface area contributed by atoms with Crippen LogP contribution in [0, 0.1) is 0 Å². The molecule has 23 nitrogen and oxygen atoms in total. The molecule has 0 fully saturated rings. The van der Waals surface area contributed by atoms with Gasteiger partial charge >= 0.3 is 17.1 Å². The van der Waals surface area contributed by atoms with Gasteiger partial charge in [0.15, 0.2) is 42.9 Å². The maximum atomic E-state index is 13.3. The molecule has 0 radical (unpaired) electrons. The third-order valence-electron chi connectivity index (χ3n) is 14.0. The number of benzene rings is 3. The number of aliphatic hydroxyl groups is 3. The van der Waals surface area contributed by atoms with Crippen LogP contribution in [-0.4, -0.2) is 121 Å². The largest absolute Gasteiger partial charge is 0.396 e. The Morgan fingerprint density at radius 2 is 0.798 bits per heavy atom. The van der Waals surface area contributed by atoms with E-state index < -0.39 is 36.6 Å². The second-order valence-corrected chi connectivity index (χ2v) is 27.8. The minimum absolute atomic E-state index is 0.0211. The van der Waals surface area contributed by atoms with Crippen molar-refractivity contribution in [1.29, 1.82) is 0 Å². The second-order valence-electron chi connectivity index (χ2n) is 20.6. The normalized spacial score (nSPS) is 11.3. The van der Waals surface area contributed by atoms with Gasteiger partial charge in [0.25, 0.3) is 16.7 Å². The van der Waals surface area contributed by atoms with Crippen LogP contribution in [0.3, 0.4) is 0 Å². The monoisotopic (exact) mass is 1490 g/mol. The number of fused-ring (bicyclic) bond motifs is 3. The van der Waals surface area contributed by atoms with Crippen LogP contribution in [0.15, 0.2) is 112 Å². The van der Waals surface area contributed by atoms with E-state index in [1.165, 1.54) is 29.3 Å². The summed E-state index contributed by atoms with van der Waals surface area (Å²) < 4.78 is 37.7. The Hall–Kier alpha value is -5.33. The first-order chi connectivity index (χ1) is 44.9. The summed E-state index contributed by atoms with van der Waals surface area (Å²) in [6.07, 6.45) is 3.40. The molecule has 0 unspecified atom stereocenters. The molecular weight excluding hydrogens is 1420 g/mol. The van der Waals surface area contributed by atoms with E-state index in [1.807, 2.05) is 47.9 Å². The molecule has 6 aromatic heterocycles. The quantitative estimate of drug-likeness (QED) is 0.0179. The summed E-state index contributed by atoms with van der Waals surface area (Å²) in [5.74, 6) is 1.74. The highest BCUT2D eigenvalue weighted by molar-refractivity contribution is 7.99. The van der Waals surface area contributed by atoms with Gasteiger partial charge in [-0.05, 0) is 130 Å². The van der Waals surface area contributed by atoms with Crippen LogP contribution in [-0.2, 0) is 68.7 Å². The molecule has 3 N–H and O–H groups in total. The average molecular weight is 1500 g/mol. The number of aryl methyl sites for hydroxylation is 3. The number of aromatic nitrogens is 12. The molecule has 9 aromatic rings. The van der Waals surface area contributed by atoms with Gasteiger partial charge in [-0.1, -0.05) is 139 Å². The number of imidazole rings is 3. The fraction of sp³-hybridized carbons (Fsp3) is 0.459. The fourth-order valence-corrected chi connectivity index (χ4v) is 12.5. The highest BCUT2D eigenvalue weighted by atomic mass is 35.6. The van der Waals surface area contributed by atoms with Crippen molar-refractivity contribution in [3.63, 3.8) is 0 Å². The predicted molar refractivity (Wildman–Crippen MR) is 382 cm³/mol. The van der Waals surface area contributed by atoms with E-state index in [4.69, 9.17) is 96.5 Å². The van der Waals surface area contributed by atoms with E-state index >= 15 is 0 Å². The Balaban J connectivity index is 0.000000242. The molecule has 94 heavy (non-hydrogen) atoms. The van der Waals surface area contributed by atoms with E-state index in [-0.39, 0.29) is 109 Å². The van der Waals surface area contributed by atoms with E-state index in [9.17, 15) is 37.2 Å². The van der Waals surface area contributed by atoms with Gasteiger partial charge in [0.2, 0.25) is 20.3 Å². The minimum Gasteiger partial charge on any atom is -0.396 e. The van der Waals surface area contributed by atoms with Crippen LogP contribution >= 0.6 is 106 Å². The van der Waals surface area contributed by atoms with Gasteiger partial charge < -0.3 is 29.0 Å². The maximum absolute atomic E-state index is 13.3. The lowest BCUT2D eigenvalue weighted by atomic mass is 10.2. The zero-order chi connectivity index (χ0) is 69.6. The van der Waals surface area contributed by atoms with Crippen LogP contribution in [0.25, 0.3) is 33.5 Å². The van der Waals surface area contributed by atoms with E-state index in [2.05, 4.69) is 41.4 Å². The molecule has 0 amide bonds. The van der Waals surface area contributed by atoms with E-state index in [0.717, 1.165) is 48.9 Å². The van der Waals surface area contributed by atoms with Crippen molar-refractivity contribution < 1.29 is 23.7 Å². The molecule has 514 valence electrons. The van der Waals surface area contributed by atoms with Gasteiger partial charge in [-0.2, -0.15) is 22.6 Å². The number of thiol groups is 1. The molecule has 0 saturated heterocycles. The lowest BCUT2D eigenvalue weighted by Gasteiger charge is -2.12. The third-order valence-corrected chi connectivity index (χ3v) is 18.5. The molecular formula is C61H77Cl7N12O11S3. The van der Waals surface area contributed by atoms with Crippen LogP contribution < -0.4 is 33.7 Å². The fourth-order valence-electron chi connectivity index (χ4n) is 9.59. The number of sulfone groups is 1. The smallest absolute Gasteiger partial charge is 0.332 e. The molecule has 0 aliphatic heterocycles. The molecule has 0 saturated carbocycles. The highest BCUT2D eigenvalue weighted by Crippen LogP contribution is 2.26. The Labute approximate surface area is 587 Å². The number of aliphatic hydroxyl groups excluding tert-OH is 3. The first-order valence-corrected chi connectivity index (χ1v) is 36.3. The number of nitrogens with zero attached hydrogens (tertiary/aromatic N) is 12. The molecule has 0 atom stereocenters. The number of halogens is 7. The number of thioether (sulfide) groups is 1. The second kappa shape index (κ2) is 38.6. The maximum Gasteiger partial charge on any atom is 0.332 e. The van der Waals surface area contributed by atoms with Gasteiger partial charge in [-0.25, -0.2) is 27.8 Å². The van der Waals surface area contributed by atoms with Crippen LogP contribution in [0.2, 0.25) is 20.4 Å². The first kappa shape index (κ1) is 79.4. The van der Waals surface area contributed by atoms with Crippen molar-refractivity contribution in [2.75, 3.05) is 37.1 Å². The van der Waals surface area contributed by atoms with Crippen molar-refractivity contribution in [3.8, 4) is 0 Å². The molecule has 9 rings (SSSR count). The van der Waals surface area contributed by atoms with E-state index in [1.54, 1.807) is 73.5 Å². The summed E-state index contributed by atoms with van der Waals surface area (Å²) in [7, 11) is -3.79. The van der Waals surface area contributed by atoms with Crippen molar-refractivity contribution in [2.24, 2.45) is 0 Å². The number of rotatable bonds is 25. The summed E-state index contributed by atoms with van der Waals surface area (Å²) in [5.41, 5.74) is 1.18. The summed E-state index contributed by atoms with van der Waals surface area (Å²) >= 11 is 44.1. The predicted octanol–water partition coefficient (Wildman–Crippen LogP) is 10.0. The molecule has 6 heterocycles. The Morgan fingerprint density at radius 3 is 1.14 bits per heavy atom. The molecule has 0 aliphatic carbocycles. The SMILES string of the molecule is CCCS.CCCS(=O)(=O)c1nc2c(c(=O)n(CCCO)c(=O)n2CC)n1Cc1ccc(Cl)cc1.CCCSc1nc2c(c(=O)n(CCCO)c(=O)n2CC)n1Cc1ccc(Cl)cc1.CCn1c(=O)n(CCCO)c(=O)c2c1nc(Cl)n2Cc1ccc(Cl)cc1.ClC(Cl)Cl. The summed E-state index contributed by atoms with van der Waals surface area (Å²) in [6, 6.07) is 21.5. The Bertz CT molecular complexity index is 4450. The van der Waals surface area contributed by atoms with Crippen LogP contribution in [0.4, 0.5) is 0 Å². The number of alkyl halides is 3. The summed E-state index contributed by atoms with van der Waals surface area (Å²) in [6.45, 7) is 13.1. The van der Waals surface area contributed by atoms with E-state index in [0.29, 0.717) is 71.7 Å². The van der Waals surface area contributed by atoms with Gasteiger partial charge in [-0.3, -0.25) is 41.8 Å². The first-order valence-electron chi connectivity index (χ1n) is 30.2. The Kier molecular flexibility index (Phi) is 32.6. The zero-order valence-corrected chi connectivity index (χ0v) is 60.6. The van der Waals surface area contributed by atoms with Crippen molar-refractivity contribution >= 4 is 149 Å². The van der Waals surface area contributed by atoms with Gasteiger partial charge in [0, 0.05) is 79.9 Å². The van der Waals surface area contributed by atoms with Crippen molar-refractivity contribution in [2.45, 2.75) is 154 Å². The van der Waals surface area contributed by atoms with Crippen LogP contribution in [0.5, 0.6) is 0 Å². The average Bonchev–Trinajstić information content (AvgIpc) is 1.62. The Morgan fingerprint density at radius 1 is 0.468 bits per heavy atom. The molecule has 0 spiro atoms. The van der Waals surface area contributed by atoms with Gasteiger partial charge in [-0.15, -0.1) is 0 Å². The molecule has 0 aliphatic rings. The van der Waals surface area contributed by atoms with Crippen molar-refractivity contribution in [1.82, 2.24) is 56.1 Å². The number of hydrogen-bond acceptors (Lipinski definition) is 16. The molecule has 33 heteroatoms. The minimum atomic E-state index is -3.79. The van der Waals surface area contributed by atoms with Gasteiger partial charge in [0.05, 0.1) is 25.4 Å². The number of hydrogen-bond donors (Lipinski definition) is 4. The molecule has 3 aromatic carbocycles. The van der Waals surface area contributed by atoms with Crippen molar-refractivity contribution in [3.05, 3.63) is 172 Å². The standard InChI is InChI=1S/C20H25ClN4O5S.C20H25ClN4O3S.C17H18Cl2N4O3.C3H8S.CHCl3/c1-3-12-31(29,30)19-22-17-16(25(19)13-14-6-8-15(21)9-7-14)18(27)24(10-5-11-26)20(28)23(17)4-2;1-3-12-29-19-22-17-16(25(19)13-14-6-8-15(21)9-7-14)18(27)24(10-5-11-26)20(28)23(17)4-2;1-2-21-14-13(15(25)22(17(21)26)8-3-9-24)23(16(19)20-14)10-11-4-6-12(18)7-5-11;1-2-3-4;2-1(3)4/h6-9,26H,3-5,10-13H2,1-2H3;6-9,26H,3-5,10-13H2,1-2H3;4-7,24H,2-3,8-10H2,1H3;4H,2-3H2,1H3;1H. The topological polar surface area (TPSA) is 280 Å². The molecule has 0 bridgehead atoms. The van der Waals surface area contributed by atoms with Crippen LogP contribution in [0.1, 0.15) is 96.8 Å². The highest BCUT2D eigenvalue weighted by Gasteiger charge is 2.29. The van der Waals surface area contributed by atoms with Gasteiger partial charge in [0.1, 0.15) is 0 Å². The summed E-state index contributed by atoms with van der Waals surface area (Å²) in [4.78, 5) is 91.0. The lowest BCUT2D eigenvalue weighted by Crippen LogP contribution is -2.40. The summed E-state index contributed by atoms with van der Waals surface area (Å²) in [5, 5.41) is 29.8.